The van der Waals surface area contributed by atoms with Gasteiger partial charge in [-0.15, -0.1) is 0 Å². The van der Waals surface area contributed by atoms with Gasteiger partial charge in [-0.05, 0) is 18.2 Å². The molecule has 0 radical (unpaired) electrons. The van der Waals surface area contributed by atoms with Crippen molar-refractivity contribution in [3.05, 3.63) is 28.2 Å². The topological polar surface area (TPSA) is 67.4 Å². The number of rotatable bonds is 3. The molecule has 0 aliphatic rings. The Morgan fingerprint density at radius 1 is 1.24 bits per heavy atom. The van der Waals surface area contributed by atoms with Crippen LogP contribution in [0, 0.1) is 0 Å². The fourth-order valence-electron chi connectivity index (χ4n) is 1.06. The van der Waals surface area contributed by atoms with E-state index < -0.39 is 12.0 Å². The van der Waals surface area contributed by atoms with Crippen LogP contribution < -0.4 is 10.6 Å². The maximum absolute atomic E-state index is 11.4. The molecular weight excluding hydrogens is 267 g/mol. The normalized spacial score (nSPS) is 9.59. The van der Waals surface area contributed by atoms with E-state index in [1.165, 1.54) is 7.11 Å². The Morgan fingerprint density at radius 3 is 2.35 bits per heavy atom. The van der Waals surface area contributed by atoms with Gasteiger partial charge in [0.15, 0.2) is 0 Å². The molecule has 7 heteroatoms. The fourth-order valence-corrected chi connectivity index (χ4v) is 1.58. The number of benzene rings is 1. The summed E-state index contributed by atoms with van der Waals surface area (Å²) in [7, 11) is 1.21. The Bertz CT molecular complexity index is 417. The van der Waals surface area contributed by atoms with Gasteiger partial charge in [0.25, 0.3) is 0 Å². The zero-order chi connectivity index (χ0) is 12.8. The van der Waals surface area contributed by atoms with Crippen LogP contribution in [0.5, 0.6) is 0 Å². The number of amides is 2. The van der Waals surface area contributed by atoms with Crippen LogP contribution in [-0.4, -0.2) is 25.7 Å². The summed E-state index contributed by atoms with van der Waals surface area (Å²) in [6, 6.07) is 4.64. The van der Waals surface area contributed by atoms with E-state index in [9.17, 15) is 9.59 Å². The molecule has 0 saturated carbocycles. The highest BCUT2D eigenvalue weighted by Gasteiger charge is 2.06. The molecule has 2 N–H and O–H groups in total. The quantitative estimate of drug-likeness (QED) is 0.890. The van der Waals surface area contributed by atoms with Crippen molar-refractivity contribution in [3.63, 3.8) is 0 Å². The first-order valence-corrected chi connectivity index (χ1v) is 5.34. The lowest BCUT2D eigenvalue weighted by atomic mass is 10.3. The minimum atomic E-state index is -0.677. The van der Waals surface area contributed by atoms with Crippen molar-refractivity contribution >= 4 is 40.9 Å². The van der Waals surface area contributed by atoms with Crippen LogP contribution in [0.3, 0.4) is 0 Å². The third-order valence-electron chi connectivity index (χ3n) is 1.72. The molecule has 92 valence electrons. The van der Waals surface area contributed by atoms with E-state index in [-0.39, 0.29) is 6.54 Å². The molecule has 0 fully saturated rings. The number of alkyl carbamates (subject to hydrolysis) is 1. The average Bonchev–Trinajstić information content (AvgIpc) is 2.24. The number of ether oxygens (including phenoxy) is 1. The second-order valence-corrected chi connectivity index (χ2v) is 3.92. The Hall–Kier alpha value is -1.46. The van der Waals surface area contributed by atoms with Gasteiger partial charge in [-0.1, -0.05) is 23.2 Å². The molecule has 0 heterocycles. The van der Waals surface area contributed by atoms with Gasteiger partial charge in [-0.2, -0.15) is 0 Å². The molecule has 0 saturated heterocycles. The average molecular weight is 277 g/mol. The molecule has 0 aliphatic carbocycles. The number of halogens is 2. The summed E-state index contributed by atoms with van der Waals surface area (Å²) in [4.78, 5) is 22.1. The van der Waals surface area contributed by atoms with E-state index in [1.807, 2.05) is 0 Å². The molecule has 17 heavy (non-hydrogen) atoms. The van der Waals surface area contributed by atoms with E-state index in [0.717, 1.165) is 0 Å². The Labute approximate surface area is 108 Å². The van der Waals surface area contributed by atoms with Gasteiger partial charge in [0.05, 0.1) is 7.11 Å². The molecule has 5 nitrogen and oxygen atoms in total. The molecule has 2 amide bonds. The van der Waals surface area contributed by atoms with Gasteiger partial charge in [0, 0.05) is 15.7 Å². The molecule has 1 aromatic rings. The van der Waals surface area contributed by atoms with E-state index in [1.54, 1.807) is 18.2 Å². The summed E-state index contributed by atoms with van der Waals surface area (Å²) in [6.45, 7) is -0.198. The van der Waals surface area contributed by atoms with Crippen molar-refractivity contribution in [3.8, 4) is 0 Å². The van der Waals surface area contributed by atoms with Crippen LogP contribution in [0.2, 0.25) is 10.0 Å². The van der Waals surface area contributed by atoms with Crippen LogP contribution in [-0.2, 0) is 9.53 Å². The van der Waals surface area contributed by atoms with E-state index in [0.29, 0.717) is 15.7 Å². The zero-order valence-electron chi connectivity index (χ0n) is 8.92. The highest BCUT2D eigenvalue weighted by atomic mass is 35.5. The number of hydrogen-bond acceptors (Lipinski definition) is 3. The van der Waals surface area contributed by atoms with Crippen molar-refractivity contribution < 1.29 is 14.3 Å². The number of carbonyl (C=O) groups excluding carboxylic acids is 2. The summed E-state index contributed by atoms with van der Waals surface area (Å²) >= 11 is 11.5. The SMILES string of the molecule is COC(=O)NCC(=O)Nc1cc(Cl)cc(Cl)c1. The van der Waals surface area contributed by atoms with Gasteiger partial charge in [-0.3, -0.25) is 4.79 Å². The molecular formula is C10H10Cl2N2O3. The van der Waals surface area contributed by atoms with Crippen molar-refractivity contribution in [2.24, 2.45) is 0 Å². The maximum atomic E-state index is 11.4. The van der Waals surface area contributed by atoms with Gasteiger partial charge in [-0.25, -0.2) is 4.79 Å². The molecule has 1 aromatic carbocycles. The first kappa shape index (κ1) is 13.6. The third kappa shape index (κ3) is 4.93. The van der Waals surface area contributed by atoms with E-state index in [2.05, 4.69) is 15.4 Å². The summed E-state index contributed by atoms with van der Waals surface area (Å²) in [5.74, 6) is -0.409. The highest BCUT2D eigenvalue weighted by Crippen LogP contribution is 2.22. The van der Waals surface area contributed by atoms with Crippen LogP contribution in [0.1, 0.15) is 0 Å². The van der Waals surface area contributed by atoms with E-state index in [4.69, 9.17) is 23.2 Å². The monoisotopic (exact) mass is 276 g/mol. The number of carbonyl (C=O) groups is 2. The molecule has 0 atom stereocenters. The summed E-state index contributed by atoms with van der Waals surface area (Å²) in [6.07, 6.45) is -0.677. The lowest BCUT2D eigenvalue weighted by molar-refractivity contribution is -0.115. The number of hydrogen-bond donors (Lipinski definition) is 2. The second kappa shape index (κ2) is 6.32. The Kier molecular flexibility index (Phi) is 5.06. The summed E-state index contributed by atoms with van der Waals surface area (Å²) in [5.41, 5.74) is 0.458. The fraction of sp³-hybridized carbons (Fsp3) is 0.200. The zero-order valence-corrected chi connectivity index (χ0v) is 10.4. The molecule has 0 bridgehead atoms. The van der Waals surface area contributed by atoms with Crippen molar-refractivity contribution in [1.82, 2.24) is 5.32 Å². The molecule has 0 aromatic heterocycles. The first-order chi connectivity index (χ1) is 8.01. The molecule has 0 unspecified atom stereocenters. The third-order valence-corrected chi connectivity index (χ3v) is 2.16. The standard InChI is InChI=1S/C10H10Cl2N2O3/c1-17-10(16)13-5-9(15)14-8-3-6(11)2-7(12)4-8/h2-4H,5H2,1H3,(H,13,16)(H,14,15). The van der Waals surface area contributed by atoms with Crippen LogP contribution in [0.15, 0.2) is 18.2 Å². The van der Waals surface area contributed by atoms with Crippen molar-refractivity contribution in [1.29, 1.82) is 0 Å². The smallest absolute Gasteiger partial charge is 0.407 e. The number of nitrogens with one attached hydrogen (secondary N) is 2. The number of methoxy groups -OCH3 is 1. The van der Waals surface area contributed by atoms with E-state index >= 15 is 0 Å². The van der Waals surface area contributed by atoms with Crippen LogP contribution in [0.25, 0.3) is 0 Å². The minimum absolute atomic E-state index is 0.198. The van der Waals surface area contributed by atoms with Crippen LogP contribution >= 0.6 is 23.2 Å². The molecule has 1 rings (SSSR count). The lowest BCUT2D eigenvalue weighted by Crippen LogP contribution is -2.32. The Morgan fingerprint density at radius 2 is 1.82 bits per heavy atom. The predicted molar refractivity (Wildman–Crippen MR) is 65.5 cm³/mol. The predicted octanol–water partition coefficient (Wildman–Crippen LogP) is 2.29. The summed E-state index contributed by atoms with van der Waals surface area (Å²) < 4.78 is 4.32. The van der Waals surface area contributed by atoms with Crippen LogP contribution in [0.4, 0.5) is 10.5 Å². The minimum Gasteiger partial charge on any atom is -0.453 e. The summed E-state index contributed by atoms with van der Waals surface area (Å²) in [5, 5.41) is 5.59. The maximum Gasteiger partial charge on any atom is 0.407 e. The second-order valence-electron chi connectivity index (χ2n) is 3.05. The van der Waals surface area contributed by atoms with Gasteiger partial charge in [0.2, 0.25) is 5.91 Å². The van der Waals surface area contributed by atoms with Crippen molar-refractivity contribution in [2.75, 3.05) is 19.0 Å². The Balaban J connectivity index is 2.53. The lowest BCUT2D eigenvalue weighted by Gasteiger charge is -2.07. The van der Waals surface area contributed by atoms with Crippen molar-refractivity contribution in [2.45, 2.75) is 0 Å². The number of anilines is 1. The molecule has 0 aliphatic heterocycles. The van der Waals surface area contributed by atoms with Gasteiger partial charge in [0.1, 0.15) is 6.54 Å². The molecule has 0 spiro atoms. The largest absolute Gasteiger partial charge is 0.453 e. The highest BCUT2D eigenvalue weighted by molar-refractivity contribution is 6.35. The first-order valence-electron chi connectivity index (χ1n) is 4.59. The van der Waals surface area contributed by atoms with Gasteiger partial charge >= 0.3 is 6.09 Å². The van der Waals surface area contributed by atoms with Gasteiger partial charge < -0.3 is 15.4 Å².